The second kappa shape index (κ2) is 10.4. The minimum absolute atomic E-state index is 0.205. The van der Waals surface area contributed by atoms with Gasteiger partial charge in [0, 0.05) is 18.2 Å². The highest BCUT2D eigenvalue weighted by Gasteiger charge is 2.34. The van der Waals surface area contributed by atoms with Crippen molar-refractivity contribution < 1.29 is 24.4 Å². The smallest absolute Gasteiger partial charge is 0.330 e. The zero-order valence-electron chi connectivity index (χ0n) is 13.5. The molecule has 1 unspecified atom stereocenters. The molecule has 12 heteroatoms. The number of nitrogens with two attached hydrogens (primary N) is 1. The molecule has 1 aromatic heterocycles. The fraction of sp³-hybridized carbons (Fsp3) is 0.615. The molecule has 1 fully saturated rings. The molecule has 0 bridgehead atoms. The number of nitrogens with one attached hydrogen (secondary N) is 1. The molecule has 140 valence electrons. The number of aromatic amines is 1. The van der Waals surface area contributed by atoms with Crippen LogP contribution in [-0.2, 0) is 9.26 Å². The van der Waals surface area contributed by atoms with Gasteiger partial charge in [-0.2, -0.15) is 5.26 Å². The Bertz CT molecular complexity index is 699. The maximum atomic E-state index is 11.6. The minimum Gasteiger partial charge on any atom is -0.394 e. The number of aromatic nitrogens is 2. The van der Waals surface area contributed by atoms with Crippen LogP contribution in [0.15, 0.2) is 15.8 Å². The van der Waals surface area contributed by atoms with E-state index in [0.29, 0.717) is 5.56 Å². The quantitative estimate of drug-likeness (QED) is 0.304. The maximum absolute atomic E-state index is 11.6. The van der Waals surface area contributed by atoms with E-state index >= 15 is 0 Å². The monoisotopic (exact) mass is 376 g/mol. The Labute approximate surface area is 144 Å². The molecule has 1 aliphatic rings. The van der Waals surface area contributed by atoms with E-state index in [-0.39, 0.29) is 26.1 Å². The first-order chi connectivity index (χ1) is 11.8. The van der Waals surface area contributed by atoms with E-state index in [2.05, 4.69) is 9.51 Å². The van der Waals surface area contributed by atoms with E-state index in [9.17, 15) is 14.7 Å². The molecule has 25 heavy (non-hydrogen) atoms. The lowest BCUT2D eigenvalue weighted by atomic mass is 10.2. The van der Waals surface area contributed by atoms with Gasteiger partial charge in [0.05, 0.1) is 31.8 Å². The molecule has 11 nitrogen and oxygen atoms in total. The predicted octanol–water partition coefficient (Wildman–Crippen LogP) is -1.42. The average Bonchev–Trinajstić information content (AvgIpc) is 2.92. The number of hydrogen-bond donors (Lipinski definition) is 5. The van der Waals surface area contributed by atoms with E-state index in [0.717, 1.165) is 0 Å². The van der Waals surface area contributed by atoms with Gasteiger partial charge in [0.1, 0.15) is 12.3 Å². The Morgan fingerprint density at radius 1 is 1.60 bits per heavy atom. The molecule has 2 rings (SSSR count). The van der Waals surface area contributed by atoms with Crippen molar-refractivity contribution in [3.05, 3.63) is 32.6 Å². The van der Waals surface area contributed by atoms with Gasteiger partial charge in [0.15, 0.2) is 0 Å². The highest BCUT2D eigenvalue weighted by Crippen LogP contribution is 2.27. The van der Waals surface area contributed by atoms with E-state index < -0.39 is 38.2 Å². The summed E-state index contributed by atoms with van der Waals surface area (Å²) in [5, 5.41) is 26.4. The first-order valence-corrected chi connectivity index (χ1v) is 8.58. The first-order valence-electron chi connectivity index (χ1n) is 7.30. The Morgan fingerprint density at radius 2 is 2.28 bits per heavy atom. The van der Waals surface area contributed by atoms with Crippen molar-refractivity contribution in [1.82, 2.24) is 9.55 Å². The Morgan fingerprint density at radius 3 is 2.80 bits per heavy atom. The van der Waals surface area contributed by atoms with Crippen molar-refractivity contribution in [2.24, 2.45) is 5.50 Å². The third-order valence-corrected chi connectivity index (χ3v) is 3.72. The van der Waals surface area contributed by atoms with Crippen molar-refractivity contribution >= 4 is 8.53 Å². The Balaban J connectivity index is 0.000000333. The van der Waals surface area contributed by atoms with Crippen molar-refractivity contribution in [3.8, 4) is 6.07 Å². The summed E-state index contributed by atoms with van der Waals surface area (Å²) in [6, 6.07) is 1.84. The van der Waals surface area contributed by atoms with Gasteiger partial charge in [-0.15, -0.1) is 0 Å². The fourth-order valence-corrected chi connectivity index (χ4v) is 2.31. The second-order valence-corrected chi connectivity index (χ2v) is 6.00. The van der Waals surface area contributed by atoms with Crippen LogP contribution in [0, 0.1) is 18.3 Å². The zero-order chi connectivity index (χ0) is 19.0. The lowest BCUT2D eigenvalue weighted by molar-refractivity contribution is -0.0459. The van der Waals surface area contributed by atoms with Crippen LogP contribution >= 0.6 is 8.53 Å². The number of aliphatic hydroxyl groups excluding tert-OH is 2. The average molecular weight is 376 g/mol. The predicted molar refractivity (Wildman–Crippen MR) is 87.2 cm³/mol. The van der Waals surface area contributed by atoms with Crippen molar-refractivity contribution in [2.75, 3.05) is 13.2 Å². The number of rotatable bonds is 5. The molecule has 0 aromatic carbocycles. The van der Waals surface area contributed by atoms with Gasteiger partial charge in [-0.05, 0) is 6.92 Å². The van der Waals surface area contributed by atoms with Gasteiger partial charge < -0.3 is 24.4 Å². The molecule has 1 saturated heterocycles. The lowest BCUT2D eigenvalue weighted by Crippen LogP contribution is -2.33. The van der Waals surface area contributed by atoms with Crippen LogP contribution in [0.2, 0.25) is 0 Å². The molecule has 0 aliphatic carbocycles. The maximum Gasteiger partial charge on any atom is 0.330 e. The highest BCUT2D eigenvalue weighted by atomic mass is 31.2. The molecule has 1 aromatic rings. The summed E-state index contributed by atoms with van der Waals surface area (Å²) in [5.74, 6) is 0. The van der Waals surface area contributed by atoms with Crippen LogP contribution in [0.4, 0.5) is 0 Å². The number of H-pyrrole nitrogens is 1. The van der Waals surface area contributed by atoms with Crippen LogP contribution in [0.1, 0.15) is 24.6 Å². The third-order valence-electron chi connectivity index (χ3n) is 3.28. The SMILES string of the molecule is Cc1cn([C@H]2C[C@H](O)[C@@H](CO)O2)c(=O)[nH]c1=O.N#CCCOP(N)O. The standard InChI is InChI=1S/C10H14N2O5.C3H7N2O2P/c1-5-3-12(10(16)11-9(5)15)8-2-6(14)7(4-13)17-8;4-2-1-3-7-8(5)6/h3,6-8,13-14H,2,4H2,1H3,(H,11,15,16);6H,1,3,5H2/t6-,7+,8+;/m0./s1. The molecular formula is C13H21N4O7P. The van der Waals surface area contributed by atoms with Gasteiger partial charge in [0.2, 0.25) is 8.53 Å². The number of nitrogens with zero attached hydrogens (tertiary/aromatic N) is 2. The van der Waals surface area contributed by atoms with E-state index in [1.54, 1.807) is 6.92 Å². The van der Waals surface area contributed by atoms with E-state index in [4.69, 9.17) is 25.5 Å². The number of ether oxygens (including phenoxy) is 1. The molecular weight excluding hydrogens is 355 g/mol. The van der Waals surface area contributed by atoms with Gasteiger partial charge in [-0.1, -0.05) is 0 Å². The summed E-state index contributed by atoms with van der Waals surface area (Å²) in [5.41, 5.74) is 4.18. The van der Waals surface area contributed by atoms with Crippen LogP contribution in [0.25, 0.3) is 0 Å². The molecule has 1 aliphatic heterocycles. The largest absolute Gasteiger partial charge is 0.394 e. The van der Waals surface area contributed by atoms with Gasteiger partial charge in [-0.25, -0.2) is 4.79 Å². The number of hydrogen-bond acceptors (Lipinski definition) is 9. The Hall–Kier alpha value is -1.64. The summed E-state index contributed by atoms with van der Waals surface area (Å²) < 4.78 is 11.0. The second-order valence-electron chi connectivity index (χ2n) is 5.14. The molecule has 0 amide bonds. The highest BCUT2D eigenvalue weighted by molar-refractivity contribution is 7.43. The molecule has 4 atom stereocenters. The third kappa shape index (κ3) is 6.64. The van der Waals surface area contributed by atoms with Gasteiger partial charge >= 0.3 is 5.69 Å². The fourth-order valence-electron chi connectivity index (χ4n) is 2.04. The lowest BCUT2D eigenvalue weighted by Gasteiger charge is -2.14. The van der Waals surface area contributed by atoms with Crippen molar-refractivity contribution in [2.45, 2.75) is 38.2 Å². The Kier molecular flexibility index (Phi) is 8.88. The van der Waals surface area contributed by atoms with E-state index in [1.165, 1.54) is 10.8 Å². The minimum atomic E-state index is -1.76. The molecule has 0 saturated carbocycles. The summed E-state index contributed by atoms with van der Waals surface area (Å²) in [4.78, 5) is 33.2. The molecule has 0 spiro atoms. The van der Waals surface area contributed by atoms with Gasteiger partial charge in [0.25, 0.3) is 5.56 Å². The van der Waals surface area contributed by atoms with Crippen LogP contribution in [0.5, 0.6) is 0 Å². The summed E-state index contributed by atoms with van der Waals surface area (Å²) >= 11 is 0. The number of aryl methyl sites for hydroxylation is 1. The summed E-state index contributed by atoms with van der Waals surface area (Å²) in [6.45, 7) is 1.48. The number of aliphatic hydroxyl groups is 2. The zero-order valence-corrected chi connectivity index (χ0v) is 14.4. The van der Waals surface area contributed by atoms with Crippen molar-refractivity contribution in [3.63, 3.8) is 0 Å². The molecule has 6 N–H and O–H groups in total. The molecule has 2 heterocycles. The summed E-state index contributed by atoms with van der Waals surface area (Å²) in [6.07, 6.45) is -0.306. The van der Waals surface area contributed by atoms with Gasteiger partial charge in [-0.3, -0.25) is 19.8 Å². The topological polar surface area (TPSA) is 184 Å². The first kappa shape index (κ1) is 21.4. The van der Waals surface area contributed by atoms with Crippen LogP contribution < -0.4 is 16.8 Å². The van der Waals surface area contributed by atoms with Crippen molar-refractivity contribution in [1.29, 1.82) is 5.26 Å². The number of nitriles is 1. The van der Waals surface area contributed by atoms with E-state index in [1.807, 2.05) is 6.07 Å². The van der Waals surface area contributed by atoms with Crippen LogP contribution in [-0.4, -0.2) is 50.1 Å². The molecule has 0 radical (unpaired) electrons. The normalized spacial score (nSPS) is 23.4. The summed E-state index contributed by atoms with van der Waals surface area (Å²) in [7, 11) is -1.76. The van der Waals surface area contributed by atoms with Crippen LogP contribution in [0.3, 0.4) is 0 Å².